The van der Waals surface area contributed by atoms with Crippen LogP contribution in [-0.2, 0) is 15.6 Å². The molecule has 0 N–H and O–H groups in total. The number of halogens is 2. The van der Waals surface area contributed by atoms with E-state index < -0.39 is 15.7 Å². The van der Waals surface area contributed by atoms with E-state index >= 15 is 0 Å². The smallest absolute Gasteiger partial charge is 0.194 e. The molecular formula is C15H12BrFO3S. The van der Waals surface area contributed by atoms with Gasteiger partial charge in [0, 0.05) is 21.9 Å². The Morgan fingerprint density at radius 3 is 2.29 bits per heavy atom. The van der Waals surface area contributed by atoms with Crippen LogP contribution in [0.5, 0.6) is 0 Å². The fraction of sp³-hybridized carbons (Fsp3) is 0.133. The van der Waals surface area contributed by atoms with Crippen molar-refractivity contribution in [2.75, 3.05) is 6.26 Å². The first-order valence-electron chi connectivity index (χ1n) is 6.03. The molecule has 0 aliphatic carbocycles. The molecule has 0 aromatic heterocycles. The average molecular weight is 371 g/mol. The van der Waals surface area contributed by atoms with Gasteiger partial charge < -0.3 is 0 Å². The van der Waals surface area contributed by atoms with Crippen LogP contribution in [0.1, 0.15) is 21.5 Å². The number of ketones is 1. The van der Waals surface area contributed by atoms with Gasteiger partial charge in [-0.3, -0.25) is 4.79 Å². The molecule has 0 unspecified atom stereocenters. The minimum absolute atomic E-state index is 0.0867. The molecule has 0 saturated carbocycles. The largest absolute Gasteiger partial charge is 0.289 e. The van der Waals surface area contributed by atoms with Gasteiger partial charge in [-0.1, -0.05) is 22.0 Å². The van der Waals surface area contributed by atoms with Crippen molar-refractivity contribution in [1.82, 2.24) is 0 Å². The van der Waals surface area contributed by atoms with Crippen LogP contribution in [-0.4, -0.2) is 20.5 Å². The molecular weight excluding hydrogens is 359 g/mol. The summed E-state index contributed by atoms with van der Waals surface area (Å²) in [5.41, 5.74) is 1.37. The van der Waals surface area contributed by atoms with Gasteiger partial charge in [0.15, 0.2) is 15.6 Å². The first-order valence-corrected chi connectivity index (χ1v) is 8.88. The van der Waals surface area contributed by atoms with Crippen molar-refractivity contribution in [3.63, 3.8) is 0 Å². The summed E-state index contributed by atoms with van der Waals surface area (Å²) in [6.07, 6.45) is 1.15. The molecule has 0 aliphatic rings. The minimum Gasteiger partial charge on any atom is -0.289 e. The van der Waals surface area contributed by atoms with Crippen molar-refractivity contribution in [3.05, 3.63) is 69.4 Å². The highest BCUT2D eigenvalue weighted by Crippen LogP contribution is 2.23. The van der Waals surface area contributed by atoms with Gasteiger partial charge in [-0.25, -0.2) is 12.8 Å². The van der Waals surface area contributed by atoms with E-state index in [4.69, 9.17) is 0 Å². The highest BCUT2D eigenvalue weighted by atomic mass is 79.9. The van der Waals surface area contributed by atoms with E-state index in [1.807, 2.05) is 0 Å². The fourth-order valence-corrected chi connectivity index (χ4v) is 3.28. The number of hydrogen-bond acceptors (Lipinski definition) is 3. The standard InChI is InChI=1S/C15H12BrFO3S/c1-21(19,20)9-10-2-7-13(14(16)8-10)15(18)11-3-5-12(17)6-4-11/h2-8H,9H2,1H3. The van der Waals surface area contributed by atoms with Gasteiger partial charge >= 0.3 is 0 Å². The summed E-state index contributed by atoms with van der Waals surface area (Å²) in [5, 5.41) is 0. The first kappa shape index (κ1) is 15.9. The van der Waals surface area contributed by atoms with Crippen LogP contribution in [0, 0.1) is 5.82 Å². The van der Waals surface area contributed by atoms with Crippen LogP contribution < -0.4 is 0 Å². The predicted octanol–water partition coefficient (Wildman–Crippen LogP) is 3.36. The number of benzene rings is 2. The van der Waals surface area contributed by atoms with Crippen molar-refractivity contribution in [3.8, 4) is 0 Å². The summed E-state index contributed by atoms with van der Waals surface area (Å²) < 4.78 is 35.9. The lowest BCUT2D eigenvalue weighted by Gasteiger charge is -2.07. The third-order valence-electron chi connectivity index (χ3n) is 2.81. The molecule has 0 amide bonds. The molecule has 3 nitrogen and oxygen atoms in total. The Morgan fingerprint density at radius 1 is 1.14 bits per heavy atom. The van der Waals surface area contributed by atoms with E-state index in [9.17, 15) is 17.6 Å². The minimum atomic E-state index is -3.13. The second kappa shape index (κ2) is 6.07. The maximum atomic E-state index is 12.9. The molecule has 6 heteroatoms. The van der Waals surface area contributed by atoms with Gasteiger partial charge in [-0.15, -0.1) is 0 Å². The molecule has 110 valence electrons. The molecule has 2 aromatic rings. The van der Waals surface area contributed by atoms with Crippen LogP contribution >= 0.6 is 15.9 Å². The highest BCUT2D eigenvalue weighted by Gasteiger charge is 2.14. The van der Waals surface area contributed by atoms with Gasteiger partial charge in [0.1, 0.15) is 5.82 Å². The lowest BCUT2D eigenvalue weighted by molar-refractivity contribution is 0.103. The Morgan fingerprint density at radius 2 is 1.76 bits per heavy atom. The first-order chi connectivity index (χ1) is 9.76. The lowest BCUT2D eigenvalue weighted by Crippen LogP contribution is -2.05. The molecule has 21 heavy (non-hydrogen) atoms. The number of hydrogen-bond donors (Lipinski definition) is 0. The molecule has 0 bridgehead atoms. The molecule has 0 heterocycles. The molecule has 0 saturated heterocycles. The molecule has 0 radical (unpaired) electrons. The lowest BCUT2D eigenvalue weighted by atomic mass is 10.0. The number of carbonyl (C=O) groups is 1. The molecule has 2 rings (SSSR count). The zero-order valence-electron chi connectivity index (χ0n) is 11.1. The van der Waals surface area contributed by atoms with Gasteiger partial charge in [0.2, 0.25) is 0 Å². The second-order valence-electron chi connectivity index (χ2n) is 4.72. The Bertz CT molecular complexity index is 783. The maximum absolute atomic E-state index is 12.9. The van der Waals surface area contributed by atoms with Crippen LogP contribution in [0.4, 0.5) is 4.39 Å². The Kier molecular flexibility index (Phi) is 4.58. The topological polar surface area (TPSA) is 51.2 Å². The fourth-order valence-electron chi connectivity index (χ4n) is 1.89. The van der Waals surface area contributed by atoms with Crippen molar-refractivity contribution in [2.24, 2.45) is 0 Å². The average Bonchev–Trinajstić information content (AvgIpc) is 2.37. The second-order valence-corrected chi connectivity index (χ2v) is 7.71. The van der Waals surface area contributed by atoms with Gasteiger partial charge in [0.25, 0.3) is 0 Å². The van der Waals surface area contributed by atoms with E-state index in [0.717, 1.165) is 6.26 Å². The van der Waals surface area contributed by atoms with Crippen LogP contribution in [0.2, 0.25) is 0 Å². The molecule has 2 aromatic carbocycles. The van der Waals surface area contributed by atoms with Crippen molar-refractivity contribution in [1.29, 1.82) is 0 Å². The predicted molar refractivity (Wildman–Crippen MR) is 82.5 cm³/mol. The van der Waals surface area contributed by atoms with Gasteiger partial charge in [-0.05, 0) is 42.0 Å². The summed E-state index contributed by atoms with van der Waals surface area (Å²) in [5.74, 6) is -0.752. The SMILES string of the molecule is CS(=O)(=O)Cc1ccc(C(=O)c2ccc(F)cc2)c(Br)c1. The zero-order chi connectivity index (χ0) is 15.6. The van der Waals surface area contributed by atoms with Crippen LogP contribution in [0.3, 0.4) is 0 Å². The Balaban J connectivity index is 2.32. The van der Waals surface area contributed by atoms with Crippen molar-refractivity contribution >= 4 is 31.6 Å². The molecule has 0 spiro atoms. The Hall–Kier alpha value is -1.53. The maximum Gasteiger partial charge on any atom is 0.194 e. The summed E-state index contributed by atoms with van der Waals surface area (Å²) >= 11 is 3.28. The third kappa shape index (κ3) is 4.22. The highest BCUT2D eigenvalue weighted by molar-refractivity contribution is 9.10. The summed E-state index contributed by atoms with van der Waals surface area (Å²) in [6, 6.07) is 10.0. The Labute approximate surface area is 130 Å². The van der Waals surface area contributed by atoms with Crippen molar-refractivity contribution < 1.29 is 17.6 Å². The van der Waals surface area contributed by atoms with Crippen LogP contribution in [0.25, 0.3) is 0 Å². The van der Waals surface area contributed by atoms with E-state index in [2.05, 4.69) is 15.9 Å². The van der Waals surface area contributed by atoms with E-state index in [-0.39, 0.29) is 11.5 Å². The summed E-state index contributed by atoms with van der Waals surface area (Å²) in [7, 11) is -3.13. The monoisotopic (exact) mass is 370 g/mol. The van der Waals surface area contributed by atoms with E-state index in [1.165, 1.54) is 24.3 Å². The summed E-state index contributed by atoms with van der Waals surface area (Å²) in [4.78, 5) is 12.3. The normalized spacial score (nSPS) is 11.4. The van der Waals surface area contributed by atoms with Gasteiger partial charge in [0.05, 0.1) is 5.75 Å². The molecule has 0 fully saturated rings. The van der Waals surface area contributed by atoms with Gasteiger partial charge in [-0.2, -0.15) is 0 Å². The quantitative estimate of drug-likeness (QED) is 0.775. The number of rotatable bonds is 4. The van der Waals surface area contributed by atoms with Crippen molar-refractivity contribution in [2.45, 2.75) is 5.75 Å². The summed E-state index contributed by atoms with van der Waals surface area (Å²) in [6.45, 7) is 0. The number of carbonyl (C=O) groups excluding carboxylic acids is 1. The third-order valence-corrected chi connectivity index (χ3v) is 4.33. The zero-order valence-corrected chi connectivity index (χ0v) is 13.5. The van der Waals surface area contributed by atoms with E-state index in [0.29, 0.717) is 21.2 Å². The van der Waals surface area contributed by atoms with E-state index in [1.54, 1.807) is 18.2 Å². The van der Waals surface area contributed by atoms with Crippen LogP contribution in [0.15, 0.2) is 46.9 Å². The molecule has 0 atom stereocenters. The number of sulfone groups is 1. The molecule has 0 aliphatic heterocycles.